The minimum atomic E-state index is -1.75. The highest BCUT2D eigenvalue weighted by Crippen LogP contribution is 2.38. The molecule has 1 atom stereocenters. The molecule has 0 spiro atoms. The first-order valence-corrected chi connectivity index (χ1v) is 12.1. The van der Waals surface area contributed by atoms with Crippen molar-refractivity contribution < 1.29 is 18.8 Å². The molecule has 4 amide bonds. The zero-order valence-corrected chi connectivity index (χ0v) is 19.9. The van der Waals surface area contributed by atoms with Gasteiger partial charge in [0.25, 0.3) is 11.8 Å². The van der Waals surface area contributed by atoms with E-state index in [0.29, 0.717) is 11.1 Å². The molecule has 0 radical (unpaired) electrons. The van der Waals surface area contributed by atoms with Crippen molar-refractivity contribution in [1.29, 1.82) is 0 Å². The number of nitrogens with one attached hydrogen (secondary N) is 2. The zero-order chi connectivity index (χ0) is 25.0. The van der Waals surface area contributed by atoms with E-state index in [4.69, 9.17) is 0 Å². The van der Waals surface area contributed by atoms with E-state index in [1.807, 2.05) is 48.7 Å². The maximum absolute atomic E-state index is 13.8. The van der Waals surface area contributed by atoms with Gasteiger partial charge in [0.2, 0.25) is 5.66 Å². The standard InChI is InChI=1S/C27H19FN4O3S/c1-15-29-23(14-36-15)18-4-2-3-17(11-18)16-5-8-20(9-6-16)27(25(34)30-26(35)31-27)32-13-19-7-10-21(28)12-22(19)24(32)33/h2-12,14H,13H2,1H3,(H2,30,31,34,35)/t27-/m0/s1. The van der Waals surface area contributed by atoms with E-state index < -0.39 is 29.3 Å². The predicted molar refractivity (Wildman–Crippen MR) is 132 cm³/mol. The quantitative estimate of drug-likeness (QED) is 0.403. The third-order valence-corrected chi connectivity index (χ3v) is 7.32. The summed E-state index contributed by atoms with van der Waals surface area (Å²) < 4.78 is 13.8. The van der Waals surface area contributed by atoms with Crippen molar-refractivity contribution in [3.63, 3.8) is 0 Å². The Hall–Kier alpha value is -4.37. The summed E-state index contributed by atoms with van der Waals surface area (Å²) in [7, 11) is 0. The molecule has 4 aromatic rings. The lowest BCUT2D eigenvalue weighted by Crippen LogP contribution is -2.58. The first-order chi connectivity index (χ1) is 17.3. The molecule has 1 fully saturated rings. The second kappa shape index (κ2) is 8.10. The second-order valence-corrected chi connectivity index (χ2v) is 9.78. The molecule has 0 bridgehead atoms. The van der Waals surface area contributed by atoms with E-state index >= 15 is 0 Å². The molecule has 178 valence electrons. The van der Waals surface area contributed by atoms with E-state index in [0.717, 1.165) is 33.5 Å². The van der Waals surface area contributed by atoms with Gasteiger partial charge in [-0.1, -0.05) is 48.5 Å². The van der Waals surface area contributed by atoms with Crippen LogP contribution in [-0.2, 0) is 17.0 Å². The number of halogens is 1. The molecular formula is C27H19FN4O3S. The maximum atomic E-state index is 13.8. The van der Waals surface area contributed by atoms with Gasteiger partial charge in [-0.05, 0) is 41.8 Å². The van der Waals surface area contributed by atoms with Gasteiger partial charge in [-0.15, -0.1) is 11.3 Å². The molecule has 2 aliphatic heterocycles. The Bertz CT molecular complexity index is 1570. The number of thiazole rings is 1. The van der Waals surface area contributed by atoms with E-state index in [9.17, 15) is 18.8 Å². The average molecular weight is 499 g/mol. The van der Waals surface area contributed by atoms with Crippen LogP contribution >= 0.6 is 11.3 Å². The summed E-state index contributed by atoms with van der Waals surface area (Å²) in [6.07, 6.45) is 0. The molecule has 36 heavy (non-hydrogen) atoms. The molecule has 0 saturated carbocycles. The van der Waals surface area contributed by atoms with Crippen molar-refractivity contribution >= 4 is 29.2 Å². The Morgan fingerprint density at radius 1 is 0.972 bits per heavy atom. The lowest BCUT2D eigenvalue weighted by molar-refractivity contribution is -0.130. The topological polar surface area (TPSA) is 91.4 Å². The molecule has 9 heteroatoms. The molecule has 3 aromatic carbocycles. The van der Waals surface area contributed by atoms with Crippen LogP contribution in [0.2, 0.25) is 0 Å². The fourth-order valence-electron chi connectivity index (χ4n) is 4.80. The van der Waals surface area contributed by atoms with Crippen LogP contribution in [0.5, 0.6) is 0 Å². The molecule has 0 aliphatic carbocycles. The summed E-state index contributed by atoms with van der Waals surface area (Å²) in [5.74, 6) is -1.74. The number of aryl methyl sites for hydroxylation is 1. The Balaban J connectivity index is 1.38. The molecule has 2 aliphatic rings. The van der Waals surface area contributed by atoms with Gasteiger partial charge in [-0.2, -0.15) is 0 Å². The van der Waals surface area contributed by atoms with Crippen molar-refractivity contribution in [2.45, 2.75) is 19.1 Å². The van der Waals surface area contributed by atoms with E-state index in [1.165, 1.54) is 17.0 Å². The predicted octanol–water partition coefficient (Wildman–Crippen LogP) is 4.57. The van der Waals surface area contributed by atoms with Crippen LogP contribution in [-0.4, -0.2) is 27.7 Å². The Morgan fingerprint density at radius 2 is 1.75 bits per heavy atom. The highest BCUT2D eigenvalue weighted by atomic mass is 32.1. The molecule has 2 N–H and O–H groups in total. The summed E-state index contributed by atoms with van der Waals surface area (Å²) in [6.45, 7) is 2.02. The number of fused-ring (bicyclic) bond motifs is 1. The van der Waals surface area contributed by atoms with Crippen LogP contribution < -0.4 is 10.6 Å². The first kappa shape index (κ1) is 22.1. The minimum Gasteiger partial charge on any atom is -0.303 e. The fourth-order valence-corrected chi connectivity index (χ4v) is 5.42. The van der Waals surface area contributed by atoms with Gasteiger partial charge in [0.05, 0.1) is 10.7 Å². The molecule has 6 rings (SSSR count). The molecular weight excluding hydrogens is 479 g/mol. The average Bonchev–Trinajstić information content (AvgIpc) is 3.55. The van der Waals surface area contributed by atoms with Crippen LogP contribution in [0.15, 0.2) is 72.1 Å². The van der Waals surface area contributed by atoms with Crippen molar-refractivity contribution in [1.82, 2.24) is 20.5 Å². The van der Waals surface area contributed by atoms with Crippen molar-refractivity contribution in [2.24, 2.45) is 0 Å². The van der Waals surface area contributed by atoms with E-state index in [-0.39, 0.29) is 12.1 Å². The summed E-state index contributed by atoms with van der Waals surface area (Å²) >= 11 is 1.59. The first-order valence-electron chi connectivity index (χ1n) is 11.2. The number of hydrogen-bond donors (Lipinski definition) is 2. The SMILES string of the molecule is Cc1nc(-c2cccc(-c3ccc([C@@]4(N5Cc6ccc(F)cc6C5=O)NC(=O)NC4=O)cc3)c2)cs1. The third-order valence-electron chi connectivity index (χ3n) is 6.54. The summed E-state index contributed by atoms with van der Waals surface area (Å²) in [4.78, 5) is 44.5. The fraction of sp³-hybridized carbons (Fsp3) is 0.111. The normalized spacial score (nSPS) is 18.8. The number of hydrogen-bond acceptors (Lipinski definition) is 5. The van der Waals surface area contributed by atoms with Gasteiger partial charge in [0, 0.05) is 28.6 Å². The smallest absolute Gasteiger partial charge is 0.303 e. The Labute approximate surface area is 209 Å². The lowest BCUT2D eigenvalue weighted by atomic mass is 9.94. The van der Waals surface area contributed by atoms with Crippen LogP contribution in [0.1, 0.15) is 26.5 Å². The molecule has 1 aromatic heterocycles. The van der Waals surface area contributed by atoms with Crippen molar-refractivity contribution in [3.05, 3.63) is 99.6 Å². The van der Waals surface area contributed by atoms with Crippen molar-refractivity contribution in [2.75, 3.05) is 0 Å². The summed E-state index contributed by atoms with van der Waals surface area (Å²) in [5.41, 5.74) is 3.18. The van der Waals surface area contributed by atoms with Gasteiger partial charge in [0.1, 0.15) is 5.82 Å². The molecule has 0 unspecified atom stereocenters. The third kappa shape index (κ3) is 3.39. The Kier molecular flexibility index (Phi) is 4.97. The monoisotopic (exact) mass is 498 g/mol. The largest absolute Gasteiger partial charge is 0.324 e. The number of carbonyl (C=O) groups is 3. The van der Waals surface area contributed by atoms with Crippen LogP contribution in [0, 0.1) is 12.7 Å². The number of imide groups is 1. The number of benzene rings is 3. The van der Waals surface area contributed by atoms with Crippen LogP contribution in [0.3, 0.4) is 0 Å². The summed E-state index contributed by atoms with van der Waals surface area (Å²) in [6, 6.07) is 18.3. The molecule has 7 nitrogen and oxygen atoms in total. The van der Waals surface area contributed by atoms with E-state index in [2.05, 4.69) is 15.6 Å². The minimum absolute atomic E-state index is 0.0546. The molecule has 1 saturated heterocycles. The highest BCUT2D eigenvalue weighted by Gasteiger charge is 2.56. The lowest BCUT2D eigenvalue weighted by Gasteiger charge is -2.36. The number of nitrogens with zero attached hydrogens (tertiary/aromatic N) is 2. The van der Waals surface area contributed by atoms with Gasteiger partial charge in [0.15, 0.2) is 0 Å². The van der Waals surface area contributed by atoms with Gasteiger partial charge < -0.3 is 5.32 Å². The van der Waals surface area contributed by atoms with Gasteiger partial charge in [-0.3, -0.25) is 19.8 Å². The zero-order valence-electron chi connectivity index (χ0n) is 19.0. The van der Waals surface area contributed by atoms with Crippen LogP contribution in [0.25, 0.3) is 22.4 Å². The number of urea groups is 1. The number of carbonyl (C=O) groups excluding carboxylic acids is 3. The molecule has 3 heterocycles. The number of amides is 4. The van der Waals surface area contributed by atoms with Gasteiger partial charge >= 0.3 is 6.03 Å². The second-order valence-electron chi connectivity index (χ2n) is 8.72. The van der Waals surface area contributed by atoms with Crippen LogP contribution in [0.4, 0.5) is 9.18 Å². The Morgan fingerprint density at radius 3 is 2.44 bits per heavy atom. The van der Waals surface area contributed by atoms with Crippen molar-refractivity contribution in [3.8, 4) is 22.4 Å². The van der Waals surface area contributed by atoms with Gasteiger partial charge in [-0.25, -0.2) is 14.2 Å². The number of aromatic nitrogens is 1. The van der Waals surface area contributed by atoms with E-state index in [1.54, 1.807) is 23.5 Å². The summed E-state index contributed by atoms with van der Waals surface area (Å²) in [5, 5.41) is 7.91. The highest BCUT2D eigenvalue weighted by molar-refractivity contribution is 7.09. The number of rotatable bonds is 4. The maximum Gasteiger partial charge on any atom is 0.324 e.